The van der Waals surface area contributed by atoms with Crippen LogP contribution < -0.4 is 10.1 Å². The van der Waals surface area contributed by atoms with Crippen molar-refractivity contribution in [1.82, 2.24) is 5.32 Å². The van der Waals surface area contributed by atoms with Gasteiger partial charge in [0.1, 0.15) is 17.5 Å². The van der Waals surface area contributed by atoms with Gasteiger partial charge in [0, 0.05) is 12.1 Å². The molecule has 0 saturated heterocycles. The highest BCUT2D eigenvalue weighted by molar-refractivity contribution is 6.31. The van der Waals surface area contributed by atoms with E-state index in [9.17, 15) is 15.0 Å². The number of nitrogens with one attached hydrogen (secondary N) is 1. The number of aliphatic hydroxyl groups excluding tert-OH is 2. The van der Waals surface area contributed by atoms with Crippen molar-refractivity contribution in [3.8, 4) is 5.75 Å². The number of hydrogen-bond acceptors (Lipinski definition) is 5. The molecular weight excluding hydrogens is 322 g/mol. The van der Waals surface area contributed by atoms with Crippen molar-refractivity contribution >= 4 is 17.7 Å². The molecule has 6 nitrogen and oxygen atoms in total. The van der Waals surface area contributed by atoms with Crippen LogP contribution in [-0.4, -0.2) is 41.7 Å². The van der Waals surface area contributed by atoms with E-state index in [1.54, 1.807) is 39.0 Å². The monoisotopic (exact) mass is 345 g/mol. The molecule has 0 heterocycles. The Hall–Kier alpha value is -1.50. The van der Waals surface area contributed by atoms with Gasteiger partial charge in [0.25, 0.3) is 0 Å². The van der Waals surface area contributed by atoms with Crippen LogP contribution in [0, 0.1) is 0 Å². The van der Waals surface area contributed by atoms with Crippen LogP contribution in [0.15, 0.2) is 18.2 Å². The SMILES string of the molecule is COc1ccc(C(O)C(O)CCNC(=O)OC(C)(C)C)c(Cl)c1. The van der Waals surface area contributed by atoms with Crippen molar-refractivity contribution in [1.29, 1.82) is 0 Å². The smallest absolute Gasteiger partial charge is 0.407 e. The van der Waals surface area contributed by atoms with Crippen LogP contribution in [0.2, 0.25) is 5.02 Å². The summed E-state index contributed by atoms with van der Waals surface area (Å²) in [6.07, 6.45) is -2.64. The van der Waals surface area contributed by atoms with Gasteiger partial charge in [-0.3, -0.25) is 0 Å². The fraction of sp³-hybridized carbons (Fsp3) is 0.562. The second-order valence-electron chi connectivity index (χ2n) is 6.12. The maximum atomic E-state index is 11.5. The average Bonchev–Trinajstić information content (AvgIpc) is 2.44. The fourth-order valence-corrected chi connectivity index (χ4v) is 2.16. The molecule has 1 rings (SSSR count). The maximum Gasteiger partial charge on any atom is 0.407 e. The van der Waals surface area contributed by atoms with Crippen LogP contribution in [0.4, 0.5) is 4.79 Å². The van der Waals surface area contributed by atoms with Crippen LogP contribution in [0.3, 0.4) is 0 Å². The van der Waals surface area contributed by atoms with E-state index in [1.165, 1.54) is 7.11 Å². The number of amides is 1. The molecule has 23 heavy (non-hydrogen) atoms. The predicted octanol–water partition coefficient (Wildman–Crippen LogP) is 2.66. The van der Waals surface area contributed by atoms with Gasteiger partial charge in [-0.25, -0.2) is 4.79 Å². The van der Waals surface area contributed by atoms with Crippen molar-refractivity contribution in [3.63, 3.8) is 0 Å². The van der Waals surface area contributed by atoms with E-state index in [-0.39, 0.29) is 13.0 Å². The minimum atomic E-state index is -1.16. The van der Waals surface area contributed by atoms with Crippen molar-refractivity contribution < 1.29 is 24.5 Å². The van der Waals surface area contributed by atoms with Crippen LogP contribution >= 0.6 is 11.6 Å². The van der Waals surface area contributed by atoms with Gasteiger partial charge in [0.05, 0.1) is 18.2 Å². The number of rotatable bonds is 6. The number of alkyl carbamates (subject to hydrolysis) is 1. The van der Waals surface area contributed by atoms with E-state index in [0.717, 1.165) is 0 Å². The summed E-state index contributed by atoms with van der Waals surface area (Å²) in [5, 5.41) is 23.0. The number of hydrogen-bond donors (Lipinski definition) is 3. The van der Waals surface area contributed by atoms with Crippen LogP contribution in [0.1, 0.15) is 38.9 Å². The van der Waals surface area contributed by atoms with Crippen molar-refractivity contribution in [2.45, 2.75) is 45.0 Å². The number of carbonyl (C=O) groups excluding carboxylic acids is 1. The first kappa shape index (κ1) is 19.5. The van der Waals surface area contributed by atoms with Crippen LogP contribution in [-0.2, 0) is 4.74 Å². The number of carbonyl (C=O) groups is 1. The lowest BCUT2D eigenvalue weighted by Crippen LogP contribution is -2.34. The Morgan fingerprint density at radius 2 is 2.00 bits per heavy atom. The van der Waals surface area contributed by atoms with Gasteiger partial charge in [-0.05, 0) is 39.3 Å². The Bertz CT molecular complexity index is 530. The number of ether oxygens (including phenoxy) is 2. The van der Waals surface area contributed by atoms with E-state index in [1.807, 2.05) is 0 Å². The fourth-order valence-electron chi connectivity index (χ4n) is 1.88. The quantitative estimate of drug-likeness (QED) is 0.737. The molecule has 2 atom stereocenters. The Morgan fingerprint density at radius 3 is 2.52 bits per heavy atom. The molecule has 0 aliphatic heterocycles. The van der Waals surface area contributed by atoms with Crippen molar-refractivity contribution in [2.75, 3.05) is 13.7 Å². The molecule has 0 fully saturated rings. The molecule has 2 unspecified atom stereocenters. The van der Waals surface area contributed by atoms with Crippen molar-refractivity contribution in [3.05, 3.63) is 28.8 Å². The van der Waals surface area contributed by atoms with E-state index in [4.69, 9.17) is 21.1 Å². The molecule has 7 heteroatoms. The molecule has 0 saturated carbocycles. The van der Waals surface area contributed by atoms with Crippen LogP contribution in [0.5, 0.6) is 5.75 Å². The molecule has 0 spiro atoms. The summed E-state index contributed by atoms with van der Waals surface area (Å²) in [7, 11) is 1.51. The summed E-state index contributed by atoms with van der Waals surface area (Å²) in [4.78, 5) is 11.5. The lowest BCUT2D eigenvalue weighted by atomic mass is 10.0. The van der Waals surface area contributed by atoms with E-state index in [2.05, 4.69) is 5.32 Å². The Kier molecular flexibility index (Phi) is 7.12. The average molecular weight is 346 g/mol. The molecule has 0 aliphatic rings. The molecule has 3 N–H and O–H groups in total. The standard InChI is InChI=1S/C16H24ClNO5/c1-16(2,3)23-15(21)18-8-7-13(19)14(20)11-6-5-10(22-4)9-12(11)17/h5-6,9,13-14,19-20H,7-8H2,1-4H3,(H,18,21). The normalized spacial score (nSPS) is 14.0. The van der Waals surface area contributed by atoms with Gasteiger partial charge in [-0.15, -0.1) is 0 Å². The first-order chi connectivity index (χ1) is 10.6. The van der Waals surface area contributed by atoms with Gasteiger partial charge in [0.2, 0.25) is 0 Å². The minimum Gasteiger partial charge on any atom is -0.497 e. The van der Waals surface area contributed by atoms with Crippen molar-refractivity contribution in [2.24, 2.45) is 0 Å². The number of methoxy groups -OCH3 is 1. The molecule has 0 aromatic heterocycles. The summed E-state index contributed by atoms with van der Waals surface area (Å²) >= 11 is 6.06. The largest absolute Gasteiger partial charge is 0.497 e. The molecule has 0 radical (unpaired) electrons. The van der Waals surface area contributed by atoms with Crippen LogP contribution in [0.25, 0.3) is 0 Å². The second kappa shape index (κ2) is 8.38. The molecule has 1 aromatic carbocycles. The molecular formula is C16H24ClNO5. The zero-order chi connectivity index (χ0) is 17.6. The van der Waals surface area contributed by atoms with Gasteiger partial charge in [0.15, 0.2) is 0 Å². The van der Waals surface area contributed by atoms with Gasteiger partial charge in [-0.2, -0.15) is 0 Å². The third-order valence-electron chi connectivity index (χ3n) is 3.00. The minimum absolute atomic E-state index is 0.156. The van der Waals surface area contributed by atoms with E-state index < -0.39 is 23.9 Å². The lowest BCUT2D eigenvalue weighted by Gasteiger charge is -2.21. The zero-order valence-electron chi connectivity index (χ0n) is 13.8. The zero-order valence-corrected chi connectivity index (χ0v) is 14.6. The molecule has 1 aromatic rings. The molecule has 0 aliphatic carbocycles. The Balaban J connectivity index is 2.51. The summed E-state index contributed by atoms with van der Waals surface area (Å²) in [6.45, 7) is 5.45. The third kappa shape index (κ3) is 6.64. The topological polar surface area (TPSA) is 88.0 Å². The highest BCUT2D eigenvalue weighted by Gasteiger charge is 2.22. The third-order valence-corrected chi connectivity index (χ3v) is 3.33. The van der Waals surface area contributed by atoms with E-state index in [0.29, 0.717) is 16.3 Å². The molecule has 0 bridgehead atoms. The highest BCUT2D eigenvalue weighted by Crippen LogP contribution is 2.29. The lowest BCUT2D eigenvalue weighted by molar-refractivity contribution is 0.0123. The van der Waals surface area contributed by atoms with E-state index >= 15 is 0 Å². The number of aliphatic hydroxyl groups is 2. The Morgan fingerprint density at radius 1 is 1.35 bits per heavy atom. The highest BCUT2D eigenvalue weighted by atomic mass is 35.5. The Labute approximate surface area is 141 Å². The first-order valence-corrected chi connectivity index (χ1v) is 7.68. The second-order valence-corrected chi connectivity index (χ2v) is 6.52. The van der Waals surface area contributed by atoms with Gasteiger partial charge < -0.3 is 25.0 Å². The predicted molar refractivity (Wildman–Crippen MR) is 87.8 cm³/mol. The molecule has 130 valence electrons. The summed E-state index contributed by atoms with van der Waals surface area (Å²) < 4.78 is 10.1. The van der Waals surface area contributed by atoms with Gasteiger partial charge >= 0.3 is 6.09 Å². The van der Waals surface area contributed by atoms with Gasteiger partial charge in [-0.1, -0.05) is 17.7 Å². The summed E-state index contributed by atoms with van der Waals surface area (Å²) in [5.41, 5.74) is -0.184. The number of benzene rings is 1. The number of halogens is 1. The molecule has 1 amide bonds. The maximum absolute atomic E-state index is 11.5. The summed E-state index contributed by atoms with van der Waals surface area (Å²) in [6, 6.07) is 4.80. The first-order valence-electron chi connectivity index (χ1n) is 7.30. The summed E-state index contributed by atoms with van der Waals surface area (Å²) in [5.74, 6) is 0.562.